The molecular weight excluding hydrogens is 282 g/mol. The third-order valence-electron chi connectivity index (χ3n) is 5.18. The van der Waals surface area contributed by atoms with Crippen LogP contribution in [0.1, 0.15) is 66.2 Å². The Morgan fingerprint density at radius 3 is 2.05 bits per heavy atom. The molecule has 5 heteroatoms. The van der Waals surface area contributed by atoms with Crippen LogP contribution in [0.25, 0.3) is 0 Å². The fourth-order valence-corrected chi connectivity index (χ4v) is 4.01. The third-order valence-corrected chi connectivity index (χ3v) is 5.18. The minimum atomic E-state index is -0.415. The molecule has 0 bridgehead atoms. The highest BCUT2D eigenvalue weighted by molar-refractivity contribution is 5.73. The minimum absolute atomic E-state index is 0.0745. The zero-order valence-electron chi connectivity index (χ0n) is 14.2. The van der Waals surface area contributed by atoms with Crippen molar-refractivity contribution in [3.8, 4) is 0 Å². The minimum Gasteiger partial charge on any atom is -0.462 e. The van der Waals surface area contributed by atoms with Crippen molar-refractivity contribution in [3.05, 3.63) is 0 Å². The Morgan fingerprint density at radius 2 is 1.59 bits per heavy atom. The number of esters is 1. The van der Waals surface area contributed by atoms with Crippen LogP contribution in [0.15, 0.2) is 0 Å². The Bertz CT molecular complexity index is 406. The van der Waals surface area contributed by atoms with E-state index < -0.39 is 11.1 Å². The summed E-state index contributed by atoms with van der Waals surface area (Å²) in [5.74, 6) is -0.0959. The van der Waals surface area contributed by atoms with E-state index in [1.165, 1.54) is 5.06 Å². The van der Waals surface area contributed by atoms with Gasteiger partial charge in [0.25, 0.3) is 0 Å². The van der Waals surface area contributed by atoms with Crippen LogP contribution in [0.2, 0.25) is 0 Å². The van der Waals surface area contributed by atoms with Crippen LogP contribution in [0.4, 0.5) is 0 Å². The second kappa shape index (κ2) is 6.28. The Kier molecular flexibility index (Phi) is 4.97. The van der Waals surface area contributed by atoms with Crippen LogP contribution in [-0.2, 0) is 14.3 Å². The second-order valence-electron chi connectivity index (χ2n) is 8.15. The molecule has 5 nitrogen and oxygen atoms in total. The van der Waals surface area contributed by atoms with E-state index in [2.05, 4.69) is 0 Å². The molecule has 0 aromatic heterocycles. The van der Waals surface area contributed by atoms with Gasteiger partial charge >= 0.3 is 5.97 Å². The van der Waals surface area contributed by atoms with Gasteiger partial charge in [-0.1, -0.05) is 0 Å². The number of piperidine rings is 1. The number of hydrogen-bond acceptors (Lipinski definition) is 5. The van der Waals surface area contributed by atoms with Crippen molar-refractivity contribution in [2.24, 2.45) is 11.8 Å². The lowest BCUT2D eigenvalue weighted by molar-refractivity contribution is -0.260. The average molecular weight is 311 g/mol. The van der Waals surface area contributed by atoms with Gasteiger partial charge in [0.2, 0.25) is 0 Å². The lowest BCUT2D eigenvalue weighted by Gasteiger charge is -2.51. The molecule has 2 rings (SSSR count). The average Bonchev–Trinajstić information content (AvgIpc) is 2.44. The molecule has 2 fully saturated rings. The molecule has 1 saturated heterocycles. The lowest BCUT2D eigenvalue weighted by atomic mass is 9.80. The van der Waals surface area contributed by atoms with Crippen molar-refractivity contribution in [2.45, 2.75) is 83.4 Å². The fourth-order valence-electron chi connectivity index (χ4n) is 4.01. The lowest BCUT2D eigenvalue weighted by Crippen LogP contribution is -2.60. The first-order chi connectivity index (χ1) is 10.2. The van der Waals surface area contributed by atoms with Crippen LogP contribution in [-0.4, -0.2) is 39.7 Å². The molecule has 0 aromatic carbocycles. The van der Waals surface area contributed by atoms with Gasteiger partial charge in [-0.25, -0.2) is 0 Å². The monoisotopic (exact) mass is 311 g/mol. The number of hydrogen-bond donors (Lipinski definition) is 1. The maximum absolute atomic E-state index is 12.4. The molecule has 1 saturated carbocycles. The standard InChI is InChI=1S/C17H29NO4/c1-16(2)9-14(10-17(3,4)18(16)21)22-15(20)13-7-5-12(11-19)6-8-13/h11-14,21H,5-10H2,1-4H3. The maximum atomic E-state index is 12.4. The van der Waals surface area contributed by atoms with Crippen LogP contribution >= 0.6 is 0 Å². The van der Waals surface area contributed by atoms with E-state index in [1.807, 2.05) is 27.7 Å². The van der Waals surface area contributed by atoms with Crippen LogP contribution in [0.3, 0.4) is 0 Å². The van der Waals surface area contributed by atoms with E-state index in [0.717, 1.165) is 32.0 Å². The highest BCUT2D eigenvalue weighted by Crippen LogP contribution is 2.38. The molecular formula is C17H29NO4. The van der Waals surface area contributed by atoms with E-state index in [9.17, 15) is 14.8 Å². The second-order valence-corrected chi connectivity index (χ2v) is 8.15. The topological polar surface area (TPSA) is 66.8 Å². The van der Waals surface area contributed by atoms with Crippen molar-refractivity contribution in [1.29, 1.82) is 0 Å². The van der Waals surface area contributed by atoms with Gasteiger partial charge in [-0.2, -0.15) is 5.06 Å². The number of ether oxygens (including phenoxy) is 1. The van der Waals surface area contributed by atoms with E-state index in [0.29, 0.717) is 12.8 Å². The molecule has 0 radical (unpaired) electrons. The first kappa shape index (κ1) is 17.4. The highest BCUT2D eigenvalue weighted by atomic mass is 16.5. The van der Waals surface area contributed by atoms with Crippen LogP contribution in [0, 0.1) is 11.8 Å². The summed E-state index contributed by atoms with van der Waals surface area (Å²) >= 11 is 0. The molecule has 1 N–H and O–H groups in total. The Balaban J connectivity index is 1.93. The Morgan fingerprint density at radius 1 is 1.09 bits per heavy atom. The van der Waals surface area contributed by atoms with Gasteiger partial charge in [-0.3, -0.25) is 4.79 Å². The predicted molar refractivity (Wildman–Crippen MR) is 82.4 cm³/mol. The number of rotatable bonds is 3. The van der Waals surface area contributed by atoms with E-state index in [1.54, 1.807) is 0 Å². The number of hydroxylamine groups is 2. The number of carbonyl (C=O) groups is 2. The van der Waals surface area contributed by atoms with Crippen molar-refractivity contribution >= 4 is 12.3 Å². The van der Waals surface area contributed by atoms with Gasteiger partial charge in [0.05, 0.1) is 5.92 Å². The van der Waals surface area contributed by atoms with E-state index >= 15 is 0 Å². The molecule has 2 aliphatic rings. The van der Waals surface area contributed by atoms with Crippen LogP contribution < -0.4 is 0 Å². The molecule has 126 valence electrons. The summed E-state index contributed by atoms with van der Waals surface area (Å²) in [5.41, 5.74) is -0.830. The zero-order chi connectivity index (χ0) is 16.5. The van der Waals surface area contributed by atoms with Crippen molar-refractivity contribution < 1.29 is 19.5 Å². The van der Waals surface area contributed by atoms with Gasteiger partial charge in [0.15, 0.2) is 0 Å². The Hall–Kier alpha value is -0.940. The summed E-state index contributed by atoms with van der Waals surface area (Å²) in [6.45, 7) is 7.85. The predicted octanol–water partition coefficient (Wildman–Crippen LogP) is 2.95. The maximum Gasteiger partial charge on any atom is 0.309 e. The number of nitrogens with zero attached hydrogens (tertiary/aromatic N) is 1. The third kappa shape index (κ3) is 3.69. The van der Waals surface area contributed by atoms with Gasteiger partial charge < -0.3 is 14.7 Å². The molecule has 22 heavy (non-hydrogen) atoms. The summed E-state index contributed by atoms with van der Waals surface area (Å²) in [4.78, 5) is 23.2. The van der Waals surface area contributed by atoms with E-state index in [4.69, 9.17) is 4.74 Å². The summed E-state index contributed by atoms with van der Waals surface area (Å²) < 4.78 is 5.75. The normalized spacial score (nSPS) is 32.4. The number of carbonyl (C=O) groups excluding carboxylic acids is 2. The highest BCUT2D eigenvalue weighted by Gasteiger charge is 2.46. The summed E-state index contributed by atoms with van der Waals surface area (Å²) in [7, 11) is 0. The SMILES string of the molecule is CC1(C)CC(OC(=O)C2CCC(C=O)CC2)CC(C)(C)N1O. The molecule has 0 unspecified atom stereocenters. The largest absolute Gasteiger partial charge is 0.462 e. The summed E-state index contributed by atoms with van der Waals surface area (Å²) in [6.07, 6.45) is 5.16. The van der Waals surface area contributed by atoms with Crippen molar-refractivity contribution in [1.82, 2.24) is 5.06 Å². The molecule has 1 aliphatic heterocycles. The summed E-state index contributed by atoms with van der Waals surface area (Å²) in [5, 5.41) is 11.7. The quantitative estimate of drug-likeness (QED) is 0.641. The van der Waals surface area contributed by atoms with Crippen LogP contribution in [0.5, 0.6) is 0 Å². The van der Waals surface area contributed by atoms with Gasteiger partial charge in [-0.15, -0.1) is 0 Å². The van der Waals surface area contributed by atoms with Gasteiger partial charge in [0, 0.05) is 29.8 Å². The molecule has 0 amide bonds. The first-order valence-electron chi connectivity index (χ1n) is 8.31. The summed E-state index contributed by atoms with van der Waals surface area (Å²) in [6, 6.07) is 0. The molecule has 1 aliphatic carbocycles. The van der Waals surface area contributed by atoms with Gasteiger partial charge in [0.1, 0.15) is 12.4 Å². The molecule has 0 spiro atoms. The van der Waals surface area contributed by atoms with E-state index in [-0.39, 0.29) is 23.9 Å². The Labute approximate surface area is 133 Å². The number of aldehydes is 1. The fraction of sp³-hybridized carbons (Fsp3) is 0.882. The molecule has 0 aromatic rings. The van der Waals surface area contributed by atoms with Crippen molar-refractivity contribution in [3.63, 3.8) is 0 Å². The smallest absolute Gasteiger partial charge is 0.309 e. The molecule has 0 atom stereocenters. The molecule has 1 heterocycles. The zero-order valence-corrected chi connectivity index (χ0v) is 14.2. The van der Waals surface area contributed by atoms with Crippen molar-refractivity contribution in [2.75, 3.05) is 0 Å². The first-order valence-corrected chi connectivity index (χ1v) is 8.31. The van der Waals surface area contributed by atoms with Gasteiger partial charge in [-0.05, 0) is 53.4 Å².